The van der Waals surface area contributed by atoms with Gasteiger partial charge in [-0.15, -0.1) is 0 Å². The van der Waals surface area contributed by atoms with E-state index in [1.54, 1.807) is 18.2 Å². The van der Waals surface area contributed by atoms with Crippen LogP contribution in [0.1, 0.15) is 5.56 Å². The van der Waals surface area contributed by atoms with Gasteiger partial charge in [-0.2, -0.15) is 0 Å². The summed E-state index contributed by atoms with van der Waals surface area (Å²) in [6.07, 6.45) is 0. The minimum Gasteiger partial charge on any atom is -0.486 e. The van der Waals surface area contributed by atoms with E-state index in [4.69, 9.17) is 9.47 Å². The molecule has 0 bridgehead atoms. The maximum absolute atomic E-state index is 13.6. The molecule has 1 fully saturated rings. The number of ether oxygens (including phenoxy) is 2. The molecule has 0 saturated carbocycles. The predicted octanol–water partition coefficient (Wildman–Crippen LogP) is 1.99. The first-order valence-electron chi connectivity index (χ1n) is 10.1. The van der Waals surface area contributed by atoms with Crippen molar-refractivity contribution < 1.29 is 19.1 Å². The van der Waals surface area contributed by atoms with Crippen molar-refractivity contribution >= 4 is 23.1 Å². The van der Waals surface area contributed by atoms with Crippen LogP contribution in [-0.2, 0) is 9.59 Å². The molecule has 2 amide bonds. The molecule has 7 heteroatoms. The van der Waals surface area contributed by atoms with Crippen molar-refractivity contribution in [1.82, 2.24) is 9.80 Å². The standard InChI is InChI=1S/C23H23N3O4/c1-24-9-11-25(12-10-24)21-20(16-5-3-2-4-6-16)22(27)26(23(21)28)17-7-8-18-19(15-17)30-14-13-29-18/h2-8,15H,9-14H2,1H3. The lowest BCUT2D eigenvalue weighted by Crippen LogP contribution is -2.46. The van der Waals surface area contributed by atoms with Gasteiger partial charge in [0.15, 0.2) is 11.5 Å². The summed E-state index contributed by atoms with van der Waals surface area (Å²) in [6, 6.07) is 14.6. The van der Waals surface area contributed by atoms with Gasteiger partial charge in [0.1, 0.15) is 18.9 Å². The molecule has 0 unspecified atom stereocenters. The predicted molar refractivity (Wildman–Crippen MR) is 112 cm³/mol. The first kappa shape index (κ1) is 18.7. The Morgan fingerprint density at radius 3 is 2.23 bits per heavy atom. The molecule has 154 valence electrons. The number of imide groups is 1. The third kappa shape index (κ3) is 3.11. The fourth-order valence-electron chi connectivity index (χ4n) is 4.11. The average molecular weight is 405 g/mol. The summed E-state index contributed by atoms with van der Waals surface area (Å²) in [4.78, 5) is 32.6. The lowest BCUT2D eigenvalue weighted by Gasteiger charge is -2.34. The first-order valence-corrected chi connectivity index (χ1v) is 10.1. The Hall–Kier alpha value is -3.32. The van der Waals surface area contributed by atoms with Crippen LogP contribution >= 0.6 is 0 Å². The number of amides is 2. The normalized spacial score (nSPS) is 19.6. The molecule has 0 atom stereocenters. The zero-order valence-corrected chi connectivity index (χ0v) is 16.8. The zero-order chi connectivity index (χ0) is 20.7. The van der Waals surface area contributed by atoms with E-state index in [2.05, 4.69) is 11.9 Å². The molecular weight excluding hydrogens is 382 g/mol. The topological polar surface area (TPSA) is 62.3 Å². The highest BCUT2D eigenvalue weighted by molar-refractivity contribution is 6.45. The summed E-state index contributed by atoms with van der Waals surface area (Å²) in [6.45, 7) is 4.03. The minimum atomic E-state index is -0.309. The summed E-state index contributed by atoms with van der Waals surface area (Å²) in [5.74, 6) is 0.574. The quantitative estimate of drug-likeness (QED) is 0.728. The molecular formula is C23H23N3O4. The third-order valence-corrected chi connectivity index (χ3v) is 5.73. The largest absolute Gasteiger partial charge is 0.486 e. The molecule has 30 heavy (non-hydrogen) atoms. The number of hydrogen-bond donors (Lipinski definition) is 0. The van der Waals surface area contributed by atoms with E-state index in [0.29, 0.717) is 54.8 Å². The van der Waals surface area contributed by atoms with Crippen molar-refractivity contribution in [3.63, 3.8) is 0 Å². The number of benzene rings is 2. The van der Waals surface area contributed by atoms with Gasteiger partial charge in [0, 0.05) is 32.2 Å². The van der Waals surface area contributed by atoms with Gasteiger partial charge in [0.25, 0.3) is 11.8 Å². The van der Waals surface area contributed by atoms with Gasteiger partial charge in [0.05, 0.1) is 11.3 Å². The smallest absolute Gasteiger partial charge is 0.282 e. The second-order valence-corrected chi connectivity index (χ2v) is 7.65. The molecule has 0 spiro atoms. The Bertz CT molecular complexity index is 1030. The summed E-state index contributed by atoms with van der Waals surface area (Å²) < 4.78 is 11.2. The average Bonchev–Trinajstić information content (AvgIpc) is 3.04. The maximum Gasteiger partial charge on any atom is 0.282 e. The highest BCUT2D eigenvalue weighted by Gasteiger charge is 2.43. The van der Waals surface area contributed by atoms with Crippen LogP contribution in [0.15, 0.2) is 54.2 Å². The van der Waals surface area contributed by atoms with Crippen LogP contribution in [0.3, 0.4) is 0 Å². The molecule has 0 aliphatic carbocycles. The molecule has 5 rings (SSSR count). The fourth-order valence-corrected chi connectivity index (χ4v) is 4.11. The Labute approximate surface area is 175 Å². The van der Waals surface area contributed by atoms with Crippen molar-refractivity contribution in [1.29, 1.82) is 0 Å². The molecule has 1 saturated heterocycles. The van der Waals surface area contributed by atoms with Gasteiger partial charge < -0.3 is 19.3 Å². The molecule has 2 aromatic carbocycles. The Balaban J connectivity index is 1.57. The van der Waals surface area contributed by atoms with E-state index in [9.17, 15) is 9.59 Å². The minimum absolute atomic E-state index is 0.292. The number of carbonyl (C=O) groups excluding carboxylic acids is 2. The molecule has 0 aromatic heterocycles. The maximum atomic E-state index is 13.6. The first-order chi connectivity index (χ1) is 14.6. The van der Waals surface area contributed by atoms with Crippen molar-refractivity contribution in [3.8, 4) is 11.5 Å². The van der Waals surface area contributed by atoms with Gasteiger partial charge in [-0.05, 0) is 24.7 Å². The van der Waals surface area contributed by atoms with Gasteiger partial charge in [0.2, 0.25) is 0 Å². The molecule has 0 radical (unpaired) electrons. The van der Waals surface area contributed by atoms with E-state index in [-0.39, 0.29) is 11.8 Å². The second kappa shape index (κ2) is 7.50. The summed E-state index contributed by atoms with van der Waals surface area (Å²) >= 11 is 0. The van der Waals surface area contributed by atoms with Crippen molar-refractivity contribution in [3.05, 3.63) is 59.8 Å². The second-order valence-electron chi connectivity index (χ2n) is 7.65. The monoisotopic (exact) mass is 405 g/mol. The van der Waals surface area contributed by atoms with Crippen LogP contribution in [-0.4, -0.2) is 68.1 Å². The summed E-state index contributed by atoms with van der Waals surface area (Å²) in [7, 11) is 2.06. The van der Waals surface area contributed by atoms with Gasteiger partial charge in [-0.25, -0.2) is 4.90 Å². The van der Waals surface area contributed by atoms with Crippen LogP contribution in [0.2, 0.25) is 0 Å². The number of fused-ring (bicyclic) bond motifs is 1. The SMILES string of the molecule is CN1CCN(C2=C(c3ccccc3)C(=O)N(c3ccc4c(c3)OCCO4)C2=O)CC1. The number of carbonyl (C=O) groups is 2. The molecule has 3 heterocycles. The summed E-state index contributed by atoms with van der Waals surface area (Å²) in [5, 5.41) is 0. The van der Waals surface area contributed by atoms with Crippen LogP contribution in [0.4, 0.5) is 5.69 Å². The molecule has 2 aromatic rings. The van der Waals surface area contributed by atoms with Crippen LogP contribution in [0.5, 0.6) is 11.5 Å². The highest BCUT2D eigenvalue weighted by Crippen LogP contribution is 2.39. The Morgan fingerprint density at radius 1 is 0.800 bits per heavy atom. The molecule has 0 N–H and O–H groups in total. The molecule has 3 aliphatic rings. The number of anilines is 1. The number of hydrogen-bond acceptors (Lipinski definition) is 6. The highest BCUT2D eigenvalue weighted by atomic mass is 16.6. The lowest BCUT2D eigenvalue weighted by molar-refractivity contribution is -0.120. The van der Waals surface area contributed by atoms with E-state index >= 15 is 0 Å². The Morgan fingerprint density at radius 2 is 1.50 bits per heavy atom. The van der Waals surface area contributed by atoms with Gasteiger partial charge in [-0.3, -0.25) is 9.59 Å². The number of rotatable bonds is 3. The Kier molecular flexibility index (Phi) is 4.67. The number of nitrogens with zero attached hydrogens (tertiary/aromatic N) is 3. The zero-order valence-electron chi connectivity index (χ0n) is 16.8. The molecule has 3 aliphatic heterocycles. The van der Waals surface area contributed by atoms with Crippen LogP contribution < -0.4 is 14.4 Å². The van der Waals surface area contributed by atoms with Gasteiger partial charge in [-0.1, -0.05) is 30.3 Å². The third-order valence-electron chi connectivity index (χ3n) is 5.73. The lowest BCUT2D eigenvalue weighted by atomic mass is 10.0. The fraction of sp³-hybridized carbons (Fsp3) is 0.304. The van der Waals surface area contributed by atoms with E-state index < -0.39 is 0 Å². The van der Waals surface area contributed by atoms with Crippen molar-refractivity contribution in [2.75, 3.05) is 51.3 Å². The number of piperazine rings is 1. The van der Waals surface area contributed by atoms with E-state index in [0.717, 1.165) is 18.7 Å². The van der Waals surface area contributed by atoms with Gasteiger partial charge >= 0.3 is 0 Å². The van der Waals surface area contributed by atoms with Crippen molar-refractivity contribution in [2.24, 2.45) is 0 Å². The van der Waals surface area contributed by atoms with Crippen LogP contribution in [0.25, 0.3) is 5.57 Å². The van der Waals surface area contributed by atoms with Crippen molar-refractivity contribution in [2.45, 2.75) is 0 Å². The van der Waals surface area contributed by atoms with E-state index in [1.165, 1.54) is 4.90 Å². The summed E-state index contributed by atoms with van der Waals surface area (Å²) in [5.41, 5.74) is 2.19. The van der Waals surface area contributed by atoms with Crippen LogP contribution in [0, 0.1) is 0 Å². The number of likely N-dealkylation sites (N-methyl/N-ethyl adjacent to an activating group) is 1. The molecule has 7 nitrogen and oxygen atoms in total. The van der Waals surface area contributed by atoms with E-state index in [1.807, 2.05) is 35.2 Å².